The number of carbonyl (C=O) groups is 2. The lowest BCUT2D eigenvalue weighted by atomic mass is 9.74. The van der Waals surface area contributed by atoms with Crippen molar-refractivity contribution >= 4 is 34.5 Å². The van der Waals surface area contributed by atoms with E-state index in [2.05, 4.69) is 41.3 Å². The second-order valence-corrected chi connectivity index (χ2v) is 10.3. The number of nitrogens with zero attached hydrogens (tertiary/aromatic N) is 1. The van der Waals surface area contributed by atoms with Gasteiger partial charge in [-0.1, -0.05) is 20.3 Å². The molecule has 160 valence electrons. The van der Waals surface area contributed by atoms with Crippen molar-refractivity contribution in [2.75, 3.05) is 6.61 Å². The predicted molar refractivity (Wildman–Crippen MR) is 121 cm³/mol. The fraction of sp³-hybridized carbons (Fsp3) is 0.652. The quantitative estimate of drug-likeness (QED) is 0.480. The number of esters is 1. The van der Waals surface area contributed by atoms with Crippen LogP contribution in [0.15, 0.2) is 0 Å². The van der Waals surface area contributed by atoms with Crippen molar-refractivity contribution in [2.45, 2.75) is 85.4 Å². The van der Waals surface area contributed by atoms with Gasteiger partial charge in [0.25, 0.3) is 0 Å². The highest BCUT2D eigenvalue weighted by atomic mass is 127. The van der Waals surface area contributed by atoms with Gasteiger partial charge in [0.15, 0.2) is 6.10 Å². The van der Waals surface area contributed by atoms with Gasteiger partial charge in [0.05, 0.1) is 13.0 Å². The van der Waals surface area contributed by atoms with Crippen LogP contribution in [0.1, 0.15) is 80.4 Å². The van der Waals surface area contributed by atoms with Gasteiger partial charge in [-0.05, 0) is 90.3 Å². The van der Waals surface area contributed by atoms with Crippen LogP contribution in [0.5, 0.6) is 0 Å². The SMILES string of the molecule is CCOC(=O)[C@@H](O)c1c(C)c2c(c(C)c1I)CN(C1CCCC(C)(C)C1)C(=O)C2. The summed E-state index contributed by atoms with van der Waals surface area (Å²) in [5.41, 5.74) is 4.90. The van der Waals surface area contributed by atoms with Crippen molar-refractivity contribution in [3.05, 3.63) is 31.4 Å². The average molecular weight is 513 g/mol. The lowest BCUT2D eigenvalue weighted by molar-refractivity contribution is -0.153. The van der Waals surface area contributed by atoms with Crippen molar-refractivity contribution in [3.8, 4) is 0 Å². The lowest BCUT2D eigenvalue weighted by Gasteiger charge is -2.43. The van der Waals surface area contributed by atoms with E-state index in [4.69, 9.17) is 4.74 Å². The molecule has 5 nitrogen and oxygen atoms in total. The molecule has 1 aliphatic heterocycles. The molecule has 0 bridgehead atoms. The second kappa shape index (κ2) is 8.53. The van der Waals surface area contributed by atoms with E-state index in [1.165, 1.54) is 12.0 Å². The number of benzene rings is 1. The highest BCUT2D eigenvalue weighted by Crippen LogP contribution is 2.41. The van der Waals surface area contributed by atoms with Crippen molar-refractivity contribution in [1.82, 2.24) is 4.90 Å². The van der Waals surface area contributed by atoms with Gasteiger partial charge < -0.3 is 14.7 Å². The maximum absolute atomic E-state index is 13.1. The van der Waals surface area contributed by atoms with E-state index in [0.29, 0.717) is 24.6 Å². The van der Waals surface area contributed by atoms with E-state index in [0.717, 1.165) is 39.5 Å². The molecule has 1 heterocycles. The Morgan fingerprint density at radius 2 is 2.00 bits per heavy atom. The maximum Gasteiger partial charge on any atom is 0.339 e. The summed E-state index contributed by atoms with van der Waals surface area (Å²) in [6, 6.07) is 0.293. The number of amides is 1. The molecule has 0 aromatic heterocycles. The topological polar surface area (TPSA) is 66.8 Å². The molecule has 1 aromatic carbocycles. The normalized spacial score (nSPS) is 22.2. The predicted octanol–water partition coefficient (Wildman–Crippen LogP) is 4.36. The van der Waals surface area contributed by atoms with Crippen LogP contribution in [0.2, 0.25) is 0 Å². The number of aliphatic hydroxyl groups excluding tert-OH is 1. The number of hydrogen-bond donors (Lipinski definition) is 1. The van der Waals surface area contributed by atoms with Gasteiger partial charge in [-0.25, -0.2) is 4.79 Å². The number of ether oxygens (including phenoxy) is 1. The van der Waals surface area contributed by atoms with Crippen LogP contribution in [-0.4, -0.2) is 34.5 Å². The van der Waals surface area contributed by atoms with E-state index in [9.17, 15) is 14.7 Å². The number of halogens is 1. The second-order valence-electron chi connectivity index (χ2n) is 9.20. The Bertz CT molecular complexity index is 833. The molecule has 3 rings (SSSR count). The summed E-state index contributed by atoms with van der Waals surface area (Å²) in [6.45, 7) is 11.1. The third-order valence-corrected chi connectivity index (χ3v) is 8.01. The first kappa shape index (κ1) is 22.5. The van der Waals surface area contributed by atoms with Gasteiger partial charge in [-0.3, -0.25) is 4.79 Å². The zero-order valence-corrected chi connectivity index (χ0v) is 20.3. The van der Waals surface area contributed by atoms with Gasteiger partial charge in [0, 0.05) is 21.7 Å². The van der Waals surface area contributed by atoms with Crippen LogP contribution < -0.4 is 0 Å². The average Bonchev–Trinajstić information content (AvgIpc) is 2.65. The summed E-state index contributed by atoms with van der Waals surface area (Å²) in [7, 11) is 0. The van der Waals surface area contributed by atoms with Crippen molar-refractivity contribution in [2.24, 2.45) is 5.41 Å². The number of rotatable bonds is 4. The highest BCUT2D eigenvalue weighted by Gasteiger charge is 2.38. The van der Waals surface area contributed by atoms with Crippen LogP contribution >= 0.6 is 22.6 Å². The maximum atomic E-state index is 13.1. The molecule has 1 amide bonds. The smallest absolute Gasteiger partial charge is 0.339 e. The van der Waals surface area contributed by atoms with Crippen LogP contribution in [0.3, 0.4) is 0 Å². The van der Waals surface area contributed by atoms with Gasteiger partial charge >= 0.3 is 5.97 Å². The largest absolute Gasteiger partial charge is 0.464 e. The van der Waals surface area contributed by atoms with Crippen LogP contribution in [-0.2, 0) is 27.3 Å². The highest BCUT2D eigenvalue weighted by molar-refractivity contribution is 14.1. The van der Waals surface area contributed by atoms with Gasteiger partial charge in [-0.15, -0.1) is 0 Å². The Kier molecular flexibility index (Phi) is 6.63. The van der Waals surface area contributed by atoms with Crippen molar-refractivity contribution < 1.29 is 19.4 Å². The first-order valence-corrected chi connectivity index (χ1v) is 11.6. The number of hydrogen-bond acceptors (Lipinski definition) is 4. The molecule has 2 atom stereocenters. The summed E-state index contributed by atoms with van der Waals surface area (Å²) >= 11 is 2.21. The standard InChI is InChI=1S/C23H32INO4/c1-6-29-22(28)21(27)19-13(2)16-10-18(26)25(12-17(16)14(3)20(19)24)15-8-7-9-23(4,5)11-15/h15,21,27H,6-12H2,1-5H3/t15?,21-/m0/s1. The Morgan fingerprint density at radius 3 is 2.62 bits per heavy atom. The first-order chi connectivity index (χ1) is 13.6. The zero-order chi connectivity index (χ0) is 21.5. The van der Waals surface area contributed by atoms with Gasteiger partial charge in [0.1, 0.15) is 0 Å². The monoisotopic (exact) mass is 513 g/mol. The molecule has 0 spiro atoms. The fourth-order valence-corrected chi connectivity index (χ4v) is 6.03. The Morgan fingerprint density at radius 1 is 1.31 bits per heavy atom. The number of aliphatic hydroxyl groups is 1. The molecule has 2 aliphatic rings. The first-order valence-electron chi connectivity index (χ1n) is 10.5. The molecule has 0 saturated heterocycles. The molecular weight excluding hydrogens is 481 g/mol. The molecule has 6 heteroatoms. The number of fused-ring (bicyclic) bond motifs is 1. The number of carbonyl (C=O) groups excluding carboxylic acids is 2. The van der Waals surface area contributed by atoms with E-state index in [-0.39, 0.29) is 17.9 Å². The molecule has 1 saturated carbocycles. The third kappa shape index (κ3) is 4.33. The van der Waals surface area contributed by atoms with E-state index in [1.807, 2.05) is 13.8 Å². The summed E-state index contributed by atoms with van der Waals surface area (Å²) in [4.78, 5) is 27.3. The molecular formula is C23H32INO4. The van der Waals surface area contributed by atoms with E-state index >= 15 is 0 Å². The van der Waals surface area contributed by atoms with Crippen LogP contribution in [0.25, 0.3) is 0 Å². The van der Waals surface area contributed by atoms with Crippen molar-refractivity contribution in [1.29, 1.82) is 0 Å². The molecule has 1 N–H and O–H groups in total. The molecule has 29 heavy (non-hydrogen) atoms. The summed E-state index contributed by atoms with van der Waals surface area (Å²) in [5, 5.41) is 10.6. The molecule has 1 aliphatic carbocycles. The summed E-state index contributed by atoms with van der Waals surface area (Å²) in [5.74, 6) is -0.485. The molecule has 0 radical (unpaired) electrons. The lowest BCUT2D eigenvalue weighted by Crippen LogP contribution is -2.47. The Labute approximate surface area is 187 Å². The van der Waals surface area contributed by atoms with Gasteiger partial charge in [0.2, 0.25) is 5.91 Å². The molecule has 1 unspecified atom stereocenters. The minimum absolute atomic E-state index is 0.153. The van der Waals surface area contributed by atoms with E-state index < -0.39 is 12.1 Å². The summed E-state index contributed by atoms with van der Waals surface area (Å²) < 4.78 is 5.91. The minimum atomic E-state index is -1.32. The third-order valence-electron chi connectivity index (χ3n) is 6.62. The van der Waals surface area contributed by atoms with E-state index in [1.54, 1.807) is 6.92 Å². The minimum Gasteiger partial charge on any atom is -0.464 e. The van der Waals surface area contributed by atoms with Crippen molar-refractivity contribution in [3.63, 3.8) is 0 Å². The van der Waals surface area contributed by atoms with Crippen LogP contribution in [0, 0.1) is 22.8 Å². The fourth-order valence-electron chi connectivity index (χ4n) is 5.00. The Balaban J connectivity index is 1.98. The summed E-state index contributed by atoms with van der Waals surface area (Å²) in [6.07, 6.45) is 3.50. The molecule has 1 aromatic rings. The zero-order valence-electron chi connectivity index (χ0n) is 18.1. The van der Waals surface area contributed by atoms with Gasteiger partial charge in [-0.2, -0.15) is 0 Å². The van der Waals surface area contributed by atoms with Crippen LogP contribution in [0.4, 0.5) is 0 Å². The molecule has 1 fully saturated rings. The Hall–Kier alpha value is -1.15.